The Balaban J connectivity index is 1.41. The molecule has 0 unspecified atom stereocenters. The first-order chi connectivity index (χ1) is 15.6. The van der Waals surface area contributed by atoms with Gasteiger partial charge in [-0.25, -0.2) is 9.78 Å². The Bertz CT molecular complexity index is 1060. The minimum atomic E-state index is -0.590. The second-order valence-corrected chi connectivity index (χ2v) is 7.77. The van der Waals surface area contributed by atoms with Crippen molar-refractivity contribution < 1.29 is 23.8 Å². The Morgan fingerprint density at radius 2 is 1.84 bits per heavy atom. The highest BCUT2D eigenvalue weighted by molar-refractivity contribution is 7.19. The van der Waals surface area contributed by atoms with Crippen molar-refractivity contribution >= 4 is 39.5 Å². The summed E-state index contributed by atoms with van der Waals surface area (Å²) in [5, 5.41) is 3.45. The minimum absolute atomic E-state index is 0.337. The number of nitrogens with one attached hydrogen (secondary N) is 1. The monoisotopic (exact) mass is 454 g/mol. The summed E-state index contributed by atoms with van der Waals surface area (Å²) in [6, 6.07) is 13.4. The van der Waals surface area contributed by atoms with Gasteiger partial charge in [-0.15, -0.1) is 11.3 Å². The largest absolute Gasteiger partial charge is 0.490 e. The number of aromatic nitrogens is 1. The fraction of sp³-hybridized carbons (Fsp3) is 0.292. The Morgan fingerprint density at radius 1 is 1.06 bits per heavy atom. The van der Waals surface area contributed by atoms with Gasteiger partial charge in [0.2, 0.25) is 0 Å². The first kappa shape index (κ1) is 23.3. The van der Waals surface area contributed by atoms with Crippen LogP contribution in [0.4, 0.5) is 0 Å². The lowest BCUT2D eigenvalue weighted by Gasteiger charge is -2.12. The zero-order valence-corrected chi connectivity index (χ0v) is 18.9. The average molecular weight is 455 g/mol. The number of thiazole rings is 1. The number of ether oxygens (including phenoxy) is 3. The molecule has 3 rings (SSSR count). The summed E-state index contributed by atoms with van der Waals surface area (Å²) in [5.74, 6) is 0.440. The third-order valence-corrected chi connectivity index (χ3v) is 5.36. The zero-order chi connectivity index (χ0) is 22.8. The number of para-hydroxylation sites is 1. The molecular weight excluding hydrogens is 428 g/mol. The zero-order valence-electron chi connectivity index (χ0n) is 18.1. The van der Waals surface area contributed by atoms with Crippen molar-refractivity contribution in [1.82, 2.24) is 10.3 Å². The maximum Gasteiger partial charge on any atom is 0.331 e. The third-order valence-electron chi connectivity index (χ3n) is 4.36. The number of rotatable bonds is 11. The molecule has 0 saturated carbocycles. The topological polar surface area (TPSA) is 86.8 Å². The SMILES string of the molecule is CCOc1ccc(CCNC(=O)COC(=O)/C=C/c2nc3ccccc3s2)cc1OCC. The Morgan fingerprint density at radius 3 is 2.62 bits per heavy atom. The second-order valence-electron chi connectivity index (χ2n) is 6.71. The van der Waals surface area contributed by atoms with Gasteiger partial charge in [-0.2, -0.15) is 0 Å². The molecule has 0 aliphatic rings. The quantitative estimate of drug-likeness (QED) is 0.348. The highest BCUT2D eigenvalue weighted by atomic mass is 32.1. The predicted molar refractivity (Wildman–Crippen MR) is 125 cm³/mol. The minimum Gasteiger partial charge on any atom is -0.490 e. The smallest absolute Gasteiger partial charge is 0.331 e. The Hall–Kier alpha value is -3.39. The van der Waals surface area contributed by atoms with Gasteiger partial charge in [0.05, 0.1) is 23.4 Å². The van der Waals surface area contributed by atoms with Gasteiger partial charge in [-0.3, -0.25) is 4.79 Å². The molecule has 7 nitrogen and oxygen atoms in total. The van der Waals surface area contributed by atoms with E-state index in [1.54, 1.807) is 6.08 Å². The fourth-order valence-electron chi connectivity index (χ4n) is 2.93. The molecule has 1 aromatic heterocycles. The van der Waals surface area contributed by atoms with Crippen LogP contribution in [0.1, 0.15) is 24.4 Å². The van der Waals surface area contributed by atoms with Crippen LogP contribution in [0.2, 0.25) is 0 Å². The Kier molecular flexibility index (Phi) is 8.62. The molecule has 32 heavy (non-hydrogen) atoms. The number of nitrogens with zero attached hydrogens (tertiary/aromatic N) is 1. The molecule has 1 heterocycles. The van der Waals surface area contributed by atoms with Crippen LogP contribution in [0.3, 0.4) is 0 Å². The lowest BCUT2D eigenvalue weighted by molar-refractivity contribution is -0.143. The predicted octanol–water partition coefficient (Wildman–Crippen LogP) is 4.01. The molecule has 8 heteroatoms. The van der Waals surface area contributed by atoms with Crippen molar-refractivity contribution in [2.24, 2.45) is 0 Å². The van der Waals surface area contributed by atoms with Crippen LogP contribution in [0.5, 0.6) is 11.5 Å². The summed E-state index contributed by atoms with van der Waals surface area (Å²) in [7, 11) is 0. The molecule has 0 aliphatic carbocycles. The summed E-state index contributed by atoms with van der Waals surface area (Å²) < 4.78 is 17.2. The van der Waals surface area contributed by atoms with Gasteiger partial charge in [-0.05, 0) is 56.2 Å². The molecule has 1 amide bonds. The van der Waals surface area contributed by atoms with Crippen LogP contribution in [0.25, 0.3) is 16.3 Å². The lowest BCUT2D eigenvalue weighted by atomic mass is 10.1. The van der Waals surface area contributed by atoms with Crippen LogP contribution < -0.4 is 14.8 Å². The number of hydrogen-bond acceptors (Lipinski definition) is 7. The van der Waals surface area contributed by atoms with Crippen LogP contribution in [0, 0.1) is 0 Å². The average Bonchev–Trinajstić information content (AvgIpc) is 3.21. The van der Waals surface area contributed by atoms with Crippen molar-refractivity contribution in [2.75, 3.05) is 26.4 Å². The number of carbonyl (C=O) groups is 2. The molecular formula is C24H26N2O5S. The van der Waals surface area contributed by atoms with E-state index in [1.165, 1.54) is 17.4 Å². The summed E-state index contributed by atoms with van der Waals surface area (Å²) in [6.07, 6.45) is 3.48. The second kappa shape index (κ2) is 11.9. The first-order valence-corrected chi connectivity index (χ1v) is 11.3. The molecule has 0 radical (unpaired) electrons. The number of esters is 1. The van der Waals surface area contributed by atoms with E-state index in [2.05, 4.69) is 10.3 Å². The van der Waals surface area contributed by atoms with Gasteiger partial charge in [0, 0.05) is 12.6 Å². The van der Waals surface area contributed by atoms with Gasteiger partial charge in [-0.1, -0.05) is 18.2 Å². The van der Waals surface area contributed by atoms with Gasteiger partial charge < -0.3 is 19.5 Å². The van der Waals surface area contributed by atoms with Crippen LogP contribution in [-0.2, 0) is 20.7 Å². The van der Waals surface area contributed by atoms with E-state index < -0.39 is 5.97 Å². The summed E-state index contributed by atoms with van der Waals surface area (Å²) in [5.41, 5.74) is 1.89. The lowest BCUT2D eigenvalue weighted by Crippen LogP contribution is -2.30. The van der Waals surface area contributed by atoms with E-state index in [0.29, 0.717) is 42.7 Å². The number of amides is 1. The van der Waals surface area contributed by atoms with Crippen molar-refractivity contribution in [1.29, 1.82) is 0 Å². The molecule has 0 saturated heterocycles. The number of benzene rings is 2. The molecule has 0 fully saturated rings. The summed E-state index contributed by atoms with van der Waals surface area (Å²) in [6.45, 7) is 5.01. The van der Waals surface area contributed by atoms with Crippen molar-refractivity contribution in [3.8, 4) is 11.5 Å². The van der Waals surface area contributed by atoms with Crippen molar-refractivity contribution in [3.63, 3.8) is 0 Å². The molecule has 0 atom stereocenters. The highest BCUT2D eigenvalue weighted by Crippen LogP contribution is 2.28. The fourth-order valence-corrected chi connectivity index (χ4v) is 3.80. The van der Waals surface area contributed by atoms with Gasteiger partial charge in [0.15, 0.2) is 18.1 Å². The van der Waals surface area contributed by atoms with E-state index in [1.807, 2.05) is 56.3 Å². The molecule has 168 valence electrons. The summed E-state index contributed by atoms with van der Waals surface area (Å²) >= 11 is 1.48. The Labute approximate surface area is 191 Å². The van der Waals surface area contributed by atoms with Gasteiger partial charge in [0.1, 0.15) is 5.01 Å². The highest BCUT2D eigenvalue weighted by Gasteiger charge is 2.08. The molecule has 0 bridgehead atoms. The molecule has 1 N–H and O–H groups in total. The number of fused-ring (bicyclic) bond motifs is 1. The standard InChI is InChI=1S/C24H26N2O5S/c1-3-29-19-10-9-17(15-20(19)30-4-2)13-14-25-22(27)16-31-24(28)12-11-23-26-18-7-5-6-8-21(18)32-23/h5-12,15H,3-4,13-14,16H2,1-2H3,(H,25,27)/b12-11+. The molecule has 0 aliphatic heterocycles. The number of carbonyl (C=O) groups excluding carboxylic acids is 2. The maximum absolute atomic E-state index is 12.0. The van der Waals surface area contributed by atoms with Gasteiger partial charge >= 0.3 is 5.97 Å². The van der Waals surface area contributed by atoms with Crippen molar-refractivity contribution in [2.45, 2.75) is 20.3 Å². The summed E-state index contributed by atoms with van der Waals surface area (Å²) in [4.78, 5) is 28.3. The molecule has 3 aromatic rings. The third kappa shape index (κ3) is 6.81. The van der Waals surface area contributed by atoms with Crippen LogP contribution in [0.15, 0.2) is 48.5 Å². The molecule has 0 spiro atoms. The van der Waals surface area contributed by atoms with E-state index in [9.17, 15) is 9.59 Å². The molecule has 2 aromatic carbocycles. The van der Waals surface area contributed by atoms with E-state index in [-0.39, 0.29) is 12.5 Å². The maximum atomic E-state index is 12.0. The van der Waals surface area contributed by atoms with E-state index in [4.69, 9.17) is 14.2 Å². The first-order valence-electron chi connectivity index (χ1n) is 10.4. The number of hydrogen-bond donors (Lipinski definition) is 1. The van der Waals surface area contributed by atoms with E-state index >= 15 is 0 Å². The van der Waals surface area contributed by atoms with Gasteiger partial charge in [0.25, 0.3) is 5.91 Å². The van der Waals surface area contributed by atoms with E-state index in [0.717, 1.165) is 15.8 Å². The van der Waals surface area contributed by atoms with Crippen LogP contribution >= 0.6 is 11.3 Å². The van der Waals surface area contributed by atoms with Crippen molar-refractivity contribution in [3.05, 3.63) is 59.1 Å². The normalized spacial score (nSPS) is 10.9. The van der Waals surface area contributed by atoms with Crippen LogP contribution in [-0.4, -0.2) is 43.2 Å².